The van der Waals surface area contributed by atoms with Crippen molar-refractivity contribution in [1.29, 1.82) is 0 Å². The number of nitrogens with zero attached hydrogens (tertiary/aromatic N) is 1. The standard InChI is InChI=1S/C15H12BrF2NO/c1-9-8-10(6-7-11(9)16)19(2)15(20)14-12(17)4-3-5-13(14)18/h3-8H,1-2H3. The number of anilines is 1. The molecule has 0 saturated heterocycles. The summed E-state index contributed by atoms with van der Waals surface area (Å²) >= 11 is 3.36. The Kier molecular flexibility index (Phi) is 4.18. The highest BCUT2D eigenvalue weighted by Gasteiger charge is 2.21. The predicted octanol–water partition coefficient (Wildman–Crippen LogP) is 4.31. The third-order valence-corrected chi connectivity index (χ3v) is 3.90. The van der Waals surface area contributed by atoms with Gasteiger partial charge in [-0.2, -0.15) is 0 Å². The van der Waals surface area contributed by atoms with Gasteiger partial charge in [0.2, 0.25) is 0 Å². The van der Waals surface area contributed by atoms with Gasteiger partial charge in [0, 0.05) is 17.2 Å². The van der Waals surface area contributed by atoms with Crippen molar-refractivity contribution in [2.45, 2.75) is 6.92 Å². The van der Waals surface area contributed by atoms with Crippen LogP contribution in [0.5, 0.6) is 0 Å². The summed E-state index contributed by atoms with van der Waals surface area (Å²) in [6, 6.07) is 8.61. The van der Waals surface area contributed by atoms with E-state index in [0.29, 0.717) is 5.69 Å². The molecule has 1 amide bonds. The van der Waals surface area contributed by atoms with Gasteiger partial charge in [0.05, 0.1) is 0 Å². The lowest BCUT2D eigenvalue weighted by atomic mass is 10.1. The van der Waals surface area contributed by atoms with Crippen molar-refractivity contribution >= 4 is 27.5 Å². The molecule has 2 aromatic carbocycles. The molecular formula is C15H12BrF2NO. The second kappa shape index (κ2) is 5.71. The van der Waals surface area contributed by atoms with Gasteiger partial charge < -0.3 is 4.90 Å². The molecule has 0 aliphatic rings. The fraction of sp³-hybridized carbons (Fsp3) is 0.133. The summed E-state index contributed by atoms with van der Waals surface area (Å²) in [5, 5.41) is 0. The minimum Gasteiger partial charge on any atom is -0.311 e. The number of amides is 1. The Hall–Kier alpha value is -1.75. The Morgan fingerprint density at radius 2 is 1.75 bits per heavy atom. The lowest BCUT2D eigenvalue weighted by Crippen LogP contribution is -2.28. The molecule has 0 unspecified atom stereocenters. The first-order chi connectivity index (χ1) is 9.41. The molecule has 0 aliphatic heterocycles. The van der Waals surface area contributed by atoms with E-state index in [1.807, 2.05) is 6.92 Å². The average molecular weight is 340 g/mol. The summed E-state index contributed by atoms with van der Waals surface area (Å²) in [5.41, 5.74) is 0.949. The van der Waals surface area contributed by atoms with Gasteiger partial charge >= 0.3 is 0 Å². The summed E-state index contributed by atoms with van der Waals surface area (Å²) in [7, 11) is 1.48. The van der Waals surface area contributed by atoms with Crippen molar-refractivity contribution in [2.24, 2.45) is 0 Å². The van der Waals surface area contributed by atoms with Crippen LogP contribution in [0.1, 0.15) is 15.9 Å². The third kappa shape index (κ3) is 2.72. The van der Waals surface area contributed by atoms with Crippen LogP contribution in [-0.2, 0) is 0 Å². The van der Waals surface area contributed by atoms with Crippen molar-refractivity contribution in [2.75, 3.05) is 11.9 Å². The monoisotopic (exact) mass is 339 g/mol. The van der Waals surface area contributed by atoms with Crippen molar-refractivity contribution < 1.29 is 13.6 Å². The molecular weight excluding hydrogens is 328 g/mol. The van der Waals surface area contributed by atoms with Gasteiger partial charge in [0.15, 0.2) is 0 Å². The van der Waals surface area contributed by atoms with Crippen LogP contribution in [0.4, 0.5) is 14.5 Å². The Morgan fingerprint density at radius 3 is 2.30 bits per heavy atom. The maximum atomic E-state index is 13.6. The number of carbonyl (C=O) groups excluding carboxylic acids is 1. The van der Waals surface area contributed by atoms with Crippen molar-refractivity contribution in [3.63, 3.8) is 0 Å². The highest BCUT2D eigenvalue weighted by Crippen LogP contribution is 2.24. The van der Waals surface area contributed by atoms with E-state index >= 15 is 0 Å². The van der Waals surface area contributed by atoms with Crippen LogP contribution in [-0.4, -0.2) is 13.0 Å². The lowest BCUT2D eigenvalue weighted by Gasteiger charge is -2.19. The minimum atomic E-state index is -0.865. The largest absolute Gasteiger partial charge is 0.311 e. The molecule has 0 radical (unpaired) electrons. The Balaban J connectivity index is 2.40. The molecule has 0 saturated carbocycles. The van der Waals surface area contributed by atoms with E-state index in [1.165, 1.54) is 18.0 Å². The Bertz CT molecular complexity index is 653. The maximum absolute atomic E-state index is 13.6. The number of halogens is 3. The molecule has 2 aromatic rings. The smallest absolute Gasteiger partial charge is 0.263 e. The first kappa shape index (κ1) is 14.7. The van der Waals surface area contributed by atoms with Crippen molar-refractivity contribution in [3.05, 3.63) is 63.6 Å². The molecule has 0 bridgehead atoms. The highest BCUT2D eigenvalue weighted by atomic mass is 79.9. The van der Waals surface area contributed by atoms with Crippen LogP contribution >= 0.6 is 15.9 Å². The zero-order valence-corrected chi connectivity index (χ0v) is 12.5. The van der Waals surface area contributed by atoms with E-state index in [2.05, 4.69) is 15.9 Å². The Labute approximate surface area is 124 Å². The van der Waals surface area contributed by atoms with E-state index in [9.17, 15) is 13.6 Å². The van der Waals surface area contributed by atoms with Gasteiger partial charge in [0.25, 0.3) is 5.91 Å². The first-order valence-electron chi connectivity index (χ1n) is 5.90. The molecule has 0 heterocycles. The van der Waals surface area contributed by atoms with E-state index in [1.54, 1.807) is 18.2 Å². The SMILES string of the molecule is Cc1cc(N(C)C(=O)c2c(F)cccc2F)ccc1Br. The summed E-state index contributed by atoms with van der Waals surface area (Å²) in [6.45, 7) is 1.87. The fourth-order valence-corrected chi connectivity index (χ4v) is 2.07. The molecule has 0 aromatic heterocycles. The molecule has 20 heavy (non-hydrogen) atoms. The zero-order chi connectivity index (χ0) is 14.9. The normalized spacial score (nSPS) is 10.4. The van der Waals surface area contributed by atoms with E-state index in [0.717, 1.165) is 22.2 Å². The van der Waals surface area contributed by atoms with Crippen LogP contribution in [0, 0.1) is 18.6 Å². The van der Waals surface area contributed by atoms with Crippen LogP contribution in [0.2, 0.25) is 0 Å². The number of aryl methyl sites for hydroxylation is 1. The molecule has 0 atom stereocenters. The quantitative estimate of drug-likeness (QED) is 0.798. The van der Waals surface area contributed by atoms with Gasteiger partial charge in [-0.25, -0.2) is 8.78 Å². The fourth-order valence-electron chi connectivity index (χ4n) is 1.82. The van der Waals surface area contributed by atoms with Gasteiger partial charge in [-0.3, -0.25) is 4.79 Å². The molecule has 0 aliphatic carbocycles. The van der Waals surface area contributed by atoms with Gasteiger partial charge in [-0.05, 0) is 42.8 Å². The van der Waals surface area contributed by atoms with Gasteiger partial charge in [-0.15, -0.1) is 0 Å². The second-order valence-corrected chi connectivity index (χ2v) is 5.25. The van der Waals surface area contributed by atoms with Crippen molar-refractivity contribution in [3.8, 4) is 0 Å². The van der Waals surface area contributed by atoms with Crippen LogP contribution in [0.3, 0.4) is 0 Å². The topological polar surface area (TPSA) is 20.3 Å². The van der Waals surface area contributed by atoms with Crippen LogP contribution in [0.25, 0.3) is 0 Å². The molecule has 0 spiro atoms. The highest BCUT2D eigenvalue weighted by molar-refractivity contribution is 9.10. The lowest BCUT2D eigenvalue weighted by molar-refractivity contribution is 0.0985. The third-order valence-electron chi connectivity index (χ3n) is 3.01. The summed E-state index contributed by atoms with van der Waals surface area (Å²) in [6.07, 6.45) is 0. The molecule has 0 N–H and O–H groups in total. The summed E-state index contributed by atoms with van der Waals surface area (Å²) in [5.74, 6) is -2.45. The number of rotatable bonds is 2. The average Bonchev–Trinajstić information content (AvgIpc) is 2.40. The van der Waals surface area contributed by atoms with Gasteiger partial charge in [-0.1, -0.05) is 22.0 Å². The number of hydrogen-bond acceptors (Lipinski definition) is 1. The summed E-state index contributed by atoms with van der Waals surface area (Å²) in [4.78, 5) is 13.4. The number of hydrogen-bond donors (Lipinski definition) is 0. The number of benzene rings is 2. The molecule has 0 fully saturated rings. The second-order valence-electron chi connectivity index (χ2n) is 4.39. The van der Waals surface area contributed by atoms with E-state index in [-0.39, 0.29) is 0 Å². The van der Waals surface area contributed by atoms with Crippen LogP contribution in [0.15, 0.2) is 40.9 Å². The van der Waals surface area contributed by atoms with Crippen LogP contribution < -0.4 is 4.90 Å². The maximum Gasteiger partial charge on any atom is 0.263 e. The van der Waals surface area contributed by atoms with E-state index < -0.39 is 23.1 Å². The Morgan fingerprint density at radius 1 is 1.15 bits per heavy atom. The van der Waals surface area contributed by atoms with E-state index in [4.69, 9.17) is 0 Å². The summed E-state index contributed by atoms with van der Waals surface area (Å²) < 4.78 is 28.2. The molecule has 104 valence electrons. The molecule has 2 nitrogen and oxygen atoms in total. The molecule has 5 heteroatoms. The zero-order valence-electron chi connectivity index (χ0n) is 11.0. The number of carbonyl (C=O) groups is 1. The first-order valence-corrected chi connectivity index (χ1v) is 6.69. The molecule has 2 rings (SSSR count). The predicted molar refractivity (Wildman–Crippen MR) is 78.0 cm³/mol. The van der Waals surface area contributed by atoms with Crippen molar-refractivity contribution in [1.82, 2.24) is 0 Å². The van der Waals surface area contributed by atoms with Gasteiger partial charge in [0.1, 0.15) is 17.2 Å². The minimum absolute atomic E-state index is 0.546.